The molecular formula is C24H33N3O3. The van der Waals surface area contributed by atoms with E-state index in [-0.39, 0.29) is 23.8 Å². The molecule has 0 radical (unpaired) electrons. The van der Waals surface area contributed by atoms with Gasteiger partial charge in [0.25, 0.3) is 0 Å². The number of carbonyl (C=O) groups excluding carboxylic acids is 2. The van der Waals surface area contributed by atoms with Crippen molar-refractivity contribution >= 4 is 11.8 Å². The molecule has 2 atom stereocenters. The highest BCUT2D eigenvalue weighted by Gasteiger charge is 2.24. The van der Waals surface area contributed by atoms with Gasteiger partial charge in [-0.05, 0) is 43.3 Å². The van der Waals surface area contributed by atoms with E-state index in [1.807, 2.05) is 87.4 Å². The third-order valence-electron chi connectivity index (χ3n) is 4.87. The molecule has 0 aliphatic carbocycles. The van der Waals surface area contributed by atoms with Crippen molar-refractivity contribution in [3.63, 3.8) is 0 Å². The molecule has 0 aliphatic rings. The van der Waals surface area contributed by atoms with Gasteiger partial charge >= 0.3 is 0 Å². The largest absolute Gasteiger partial charge is 0.497 e. The van der Waals surface area contributed by atoms with Gasteiger partial charge in [-0.2, -0.15) is 0 Å². The molecule has 0 heterocycles. The Morgan fingerprint density at radius 3 is 2.27 bits per heavy atom. The molecular weight excluding hydrogens is 378 g/mol. The standard InChI is InChI=1S/C24H33N3O3/c1-17(2)14-22(28)26-23(18-10-7-6-8-11-18)24(29)25-16-21(27(3)4)19-12-9-13-20(15-19)30-5/h6-13,15,17,21,23H,14,16H2,1-5H3,(H,25,29)(H,26,28). The summed E-state index contributed by atoms with van der Waals surface area (Å²) in [6.45, 7) is 4.36. The summed E-state index contributed by atoms with van der Waals surface area (Å²) in [7, 11) is 5.57. The summed E-state index contributed by atoms with van der Waals surface area (Å²) in [6.07, 6.45) is 0.376. The number of rotatable bonds is 10. The SMILES string of the molecule is COc1cccc(C(CNC(=O)C(NC(=O)CC(C)C)c2ccccc2)N(C)C)c1. The minimum atomic E-state index is -0.731. The van der Waals surface area contributed by atoms with Gasteiger partial charge in [-0.25, -0.2) is 0 Å². The van der Waals surface area contributed by atoms with Crippen LogP contribution in [0, 0.1) is 5.92 Å². The first kappa shape index (κ1) is 23.4. The van der Waals surface area contributed by atoms with Crippen LogP contribution < -0.4 is 15.4 Å². The van der Waals surface area contributed by atoms with Crippen LogP contribution in [0.15, 0.2) is 54.6 Å². The van der Waals surface area contributed by atoms with Crippen molar-refractivity contribution in [3.05, 3.63) is 65.7 Å². The Labute approximate surface area is 179 Å². The van der Waals surface area contributed by atoms with E-state index in [4.69, 9.17) is 4.74 Å². The number of hydrogen-bond acceptors (Lipinski definition) is 4. The second-order valence-corrected chi connectivity index (χ2v) is 8.01. The lowest BCUT2D eigenvalue weighted by atomic mass is 10.0. The smallest absolute Gasteiger partial charge is 0.247 e. The van der Waals surface area contributed by atoms with Gasteiger partial charge in [-0.3, -0.25) is 9.59 Å². The van der Waals surface area contributed by atoms with Gasteiger partial charge in [0.1, 0.15) is 11.8 Å². The first-order valence-corrected chi connectivity index (χ1v) is 10.2. The lowest BCUT2D eigenvalue weighted by Crippen LogP contribution is -2.43. The van der Waals surface area contributed by atoms with Crippen LogP contribution in [0.1, 0.15) is 43.5 Å². The minimum Gasteiger partial charge on any atom is -0.497 e. The van der Waals surface area contributed by atoms with E-state index in [1.165, 1.54) is 0 Å². The molecule has 30 heavy (non-hydrogen) atoms. The van der Waals surface area contributed by atoms with E-state index in [2.05, 4.69) is 10.6 Å². The summed E-state index contributed by atoms with van der Waals surface area (Å²) in [6, 6.07) is 16.4. The van der Waals surface area contributed by atoms with Crippen LogP contribution in [-0.2, 0) is 9.59 Å². The molecule has 0 spiro atoms. The minimum absolute atomic E-state index is 0.0353. The summed E-state index contributed by atoms with van der Waals surface area (Å²) in [4.78, 5) is 27.5. The molecule has 0 aliphatic heterocycles. The molecule has 6 heteroatoms. The number of hydrogen-bond donors (Lipinski definition) is 2. The fourth-order valence-electron chi connectivity index (χ4n) is 3.28. The third kappa shape index (κ3) is 6.88. The molecule has 0 saturated carbocycles. The topological polar surface area (TPSA) is 70.7 Å². The number of ether oxygens (including phenoxy) is 1. The molecule has 162 valence electrons. The van der Waals surface area contributed by atoms with Crippen molar-refractivity contribution in [2.45, 2.75) is 32.4 Å². The maximum absolute atomic E-state index is 13.1. The van der Waals surface area contributed by atoms with E-state index in [0.29, 0.717) is 13.0 Å². The molecule has 0 aromatic heterocycles. The fourth-order valence-corrected chi connectivity index (χ4v) is 3.28. The van der Waals surface area contributed by atoms with Crippen LogP contribution >= 0.6 is 0 Å². The lowest BCUT2D eigenvalue weighted by molar-refractivity contribution is -0.129. The third-order valence-corrected chi connectivity index (χ3v) is 4.87. The molecule has 0 bridgehead atoms. The van der Waals surface area contributed by atoms with Crippen molar-refractivity contribution in [1.82, 2.24) is 15.5 Å². The zero-order valence-corrected chi connectivity index (χ0v) is 18.5. The van der Waals surface area contributed by atoms with Crippen LogP contribution in [0.25, 0.3) is 0 Å². The molecule has 2 rings (SSSR count). The predicted octanol–water partition coefficient (Wildman–Crippen LogP) is 3.32. The molecule has 2 N–H and O–H groups in total. The number of benzene rings is 2. The van der Waals surface area contributed by atoms with Crippen LogP contribution in [-0.4, -0.2) is 44.5 Å². The van der Waals surface area contributed by atoms with Crippen LogP contribution in [0.3, 0.4) is 0 Å². The number of likely N-dealkylation sites (N-methyl/N-ethyl adjacent to an activating group) is 1. The molecule has 2 aromatic carbocycles. The fraction of sp³-hybridized carbons (Fsp3) is 0.417. The quantitative estimate of drug-likeness (QED) is 0.629. The Morgan fingerprint density at radius 1 is 1.00 bits per heavy atom. The molecule has 6 nitrogen and oxygen atoms in total. The predicted molar refractivity (Wildman–Crippen MR) is 119 cm³/mol. The van der Waals surface area contributed by atoms with Gasteiger partial charge in [0.2, 0.25) is 11.8 Å². The van der Waals surface area contributed by atoms with Crippen molar-refractivity contribution in [2.24, 2.45) is 5.92 Å². The van der Waals surface area contributed by atoms with Gasteiger partial charge in [-0.15, -0.1) is 0 Å². The van der Waals surface area contributed by atoms with Crippen molar-refractivity contribution < 1.29 is 14.3 Å². The maximum atomic E-state index is 13.1. The van der Waals surface area contributed by atoms with E-state index >= 15 is 0 Å². The number of methoxy groups -OCH3 is 1. The van der Waals surface area contributed by atoms with E-state index in [9.17, 15) is 9.59 Å². The van der Waals surface area contributed by atoms with E-state index in [1.54, 1.807) is 7.11 Å². The Morgan fingerprint density at radius 2 is 1.67 bits per heavy atom. The van der Waals surface area contributed by atoms with Gasteiger partial charge in [-0.1, -0.05) is 56.3 Å². The van der Waals surface area contributed by atoms with Crippen LogP contribution in [0.4, 0.5) is 0 Å². The zero-order valence-electron chi connectivity index (χ0n) is 18.5. The van der Waals surface area contributed by atoms with E-state index in [0.717, 1.165) is 16.9 Å². The Kier molecular flexibility index (Phi) is 8.87. The highest BCUT2D eigenvalue weighted by atomic mass is 16.5. The number of nitrogens with one attached hydrogen (secondary N) is 2. The van der Waals surface area contributed by atoms with E-state index < -0.39 is 6.04 Å². The van der Waals surface area contributed by atoms with Gasteiger partial charge in [0, 0.05) is 13.0 Å². The first-order valence-electron chi connectivity index (χ1n) is 10.2. The van der Waals surface area contributed by atoms with Crippen molar-refractivity contribution in [3.8, 4) is 5.75 Å². The molecule has 2 aromatic rings. The molecule has 0 fully saturated rings. The summed E-state index contributed by atoms with van der Waals surface area (Å²) in [5.74, 6) is 0.628. The first-order chi connectivity index (χ1) is 14.3. The lowest BCUT2D eigenvalue weighted by Gasteiger charge is -2.27. The average molecular weight is 412 g/mol. The molecule has 2 amide bonds. The highest BCUT2D eigenvalue weighted by Crippen LogP contribution is 2.22. The summed E-state index contributed by atoms with van der Waals surface area (Å²) in [5.41, 5.74) is 1.80. The van der Waals surface area contributed by atoms with Crippen LogP contribution in [0.2, 0.25) is 0 Å². The number of amides is 2. The van der Waals surface area contributed by atoms with Gasteiger partial charge in [0.15, 0.2) is 0 Å². The Bertz CT molecular complexity index is 821. The van der Waals surface area contributed by atoms with Crippen molar-refractivity contribution in [1.29, 1.82) is 0 Å². The normalized spacial score (nSPS) is 13.0. The highest BCUT2D eigenvalue weighted by molar-refractivity contribution is 5.88. The zero-order chi connectivity index (χ0) is 22.1. The second-order valence-electron chi connectivity index (χ2n) is 8.01. The molecule has 2 unspecified atom stereocenters. The van der Waals surface area contributed by atoms with Gasteiger partial charge in [0.05, 0.1) is 13.2 Å². The monoisotopic (exact) mass is 411 g/mol. The number of carbonyl (C=O) groups is 2. The molecule has 0 saturated heterocycles. The number of nitrogens with zero attached hydrogens (tertiary/aromatic N) is 1. The summed E-state index contributed by atoms with van der Waals surface area (Å²) < 4.78 is 5.33. The average Bonchev–Trinajstić information content (AvgIpc) is 2.72. The maximum Gasteiger partial charge on any atom is 0.247 e. The summed E-state index contributed by atoms with van der Waals surface area (Å²) in [5, 5.41) is 5.91. The van der Waals surface area contributed by atoms with Crippen LogP contribution in [0.5, 0.6) is 5.75 Å². The van der Waals surface area contributed by atoms with Crippen molar-refractivity contribution in [2.75, 3.05) is 27.7 Å². The summed E-state index contributed by atoms with van der Waals surface area (Å²) >= 11 is 0. The van der Waals surface area contributed by atoms with Gasteiger partial charge < -0.3 is 20.3 Å². The Hall–Kier alpha value is -2.86. The Balaban J connectivity index is 2.15. The second kappa shape index (κ2) is 11.4.